The number of carbonyl (C=O) groups is 1. The van der Waals surface area contributed by atoms with Crippen LogP contribution in [0.15, 0.2) is 24.3 Å². The van der Waals surface area contributed by atoms with Crippen LogP contribution in [0.4, 0.5) is 5.13 Å². The number of rotatable bonds is 4. The average molecular weight is 316 g/mol. The van der Waals surface area contributed by atoms with Gasteiger partial charge in [-0.15, -0.1) is 11.3 Å². The van der Waals surface area contributed by atoms with Crippen molar-refractivity contribution in [1.82, 2.24) is 4.98 Å². The minimum absolute atomic E-state index is 0.138. The molecule has 2 aromatic rings. The van der Waals surface area contributed by atoms with Crippen molar-refractivity contribution in [3.8, 4) is 5.75 Å². The molecule has 0 aliphatic heterocycles. The van der Waals surface area contributed by atoms with Crippen LogP contribution in [-0.4, -0.2) is 17.5 Å². The molecular formula is C17H20N2O2S. The molecule has 1 aromatic carbocycles. The van der Waals surface area contributed by atoms with Crippen LogP contribution in [0.2, 0.25) is 0 Å². The Hall–Kier alpha value is -1.88. The number of aryl methyl sites for hydroxylation is 1. The Balaban J connectivity index is 1.73. The summed E-state index contributed by atoms with van der Waals surface area (Å²) in [7, 11) is 0. The zero-order chi connectivity index (χ0) is 15.5. The fraction of sp³-hybridized carbons (Fsp3) is 0.412. The number of hydrogen-bond donors (Lipinski definition) is 1. The van der Waals surface area contributed by atoms with Crippen molar-refractivity contribution >= 4 is 22.4 Å². The van der Waals surface area contributed by atoms with Gasteiger partial charge in [-0.25, -0.2) is 4.98 Å². The minimum Gasteiger partial charge on any atom is -0.494 e. The maximum absolute atomic E-state index is 12.3. The van der Waals surface area contributed by atoms with Gasteiger partial charge in [0.05, 0.1) is 12.3 Å². The molecule has 1 aromatic heterocycles. The Kier molecular flexibility index (Phi) is 4.43. The van der Waals surface area contributed by atoms with E-state index < -0.39 is 0 Å². The standard InChI is InChI=1S/C17H20N2O2S/c1-3-21-13-6-4-5-12(10-13)16(20)19-17-18-14-8-7-11(2)9-15(14)22-17/h4-6,10-11H,3,7-9H2,1-2H3,(H,18,19,20)/t11-/m0/s1. The summed E-state index contributed by atoms with van der Waals surface area (Å²) in [6.45, 7) is 4.77. The molecule has 0 saturated carbocycles. The van der Waals surface area contributed by atoms with Crippen molar-refractivity contribution in [2.24, 2.45) is 5.92 Å². The topological polar surface area (TPSA) is 51.2 Å². The van der Waals surface area contributed by atoms with Gasteiger partial charge in [0.25, 0.3) is 5.91 Å². The van der Waals surface area contributed by atoms with E-state index in [2.05, 4.69) is 17.2 Å². The van der Waals surface area contributed by atoms with Crippen LogP contribution < -0.4 is 10.1 Å². The zero-order valence-corrected chi connectivity index (χ0v) is 13.7. The molecule has 116 valence electrons. The molecule has 0 unspecified atom stereocenters. The molecule has 1 amide bonds. The molecule has 1 atom stereocenters. The second-order valence-electron chi connectivity index (χ2n) is 5.65. The van der Waals surface area contributed by atoms with Crippen molar-refractivity contribution in [3.63, 3.8) is 0 Å². The number of anilines is 1. The third kappa shape index (κ3) is 3.30. The monoisotopic (exact) mass is 316 g/mol. The lowest BCUT2D eigenvalue weighted by atomic mass is 9.93. The molecule has 0 saturated heterocycles. The van der Waals surface area contributed by atoms with E-state index in [0.29, 0.717) is 29.0 Å². The Morgan fingerprint density at radius 2 is 2.36 bits per heavy atom. The Labute approximate surface area is 134 Å². The Morgan fingerprint density at radius 3 is 3.18 bits per heavy atom. The summed E-state index contributed by atoms with van der Waals surface area (Å²) >= 11 is 1.60. The van der Waals surface area contributed by atoms with Crippen LogP contribution in [0.5, 0.6) is 5.75 Å². The molecule has 0 bridgehead atoms. The number of aromatic nitrogens is 1. The lowest BCUT2D eigenvalue weighted by molar-refractivity contribution is 0.102. The van der Waals surface area contributed by atoms with E-state index in [0.717, 1.165) is 18.5 Å². The molecule has 1 N–H and O–H groups in total. The largest absolute Gasteiger partial charge is 0.494 e. The van der Waals surface area contributed by atoms with Gasteiger partial charge in [0.2, 0.25) is 0 Å². The van der Waals surface area contributed by atoms with Crippen molar-refractivity contribution < 1.29 is 9.53 Å². The Bertz CT molecular complexity index is 681. The summed E-state index contributed by atoms with van der Waals surface area (Å²) in [6, 6.07) is 7.22. The normalized spacial score (nSPS) is 16.9. The molecule has 4 nitrogen and oxygen atoms in total. The third-order valence-corrected chi connectivity index (χ3v) is 4.85. The molecule has 1 aliphatic rings. The average Bonchev–Trinajstić information content (AvgIpc) is 2.89. The molecule has 1 aliphatic carbocycles. The second kappa shape index (κ2) is 6.48. The lowest BCUT2D eigenvalue weighted by Crippen LogP contribution is -2.12. The van der Waals surface area contributed by atoms with E-state index in [-0.39, 0.29) is 5.91 Å². The highest BCUT2D eigenvalue weighted by Crippen LogP contribution is 2.32. The number of amides is 1. The second-order valence-corrected chi connectivity index (χ2v) is 6.74. The van der Waals surface area contributed by atoms with Gasteiger partial charge in [-0.3, -0.25) is 10.1 Å². The first kappa shape index (κ1) is 15.0. The van der Waals surface area contributed by atoms with Gasteiger partial charge < -0.3 is 4.74 Å². The molecule has 0 spiro atoms. The SMILES string of the molecule is CCOc1cccc(C(=O)Nc2nc3c(s2)C[C@@H](C)CC3)c1. The lowest BCUT2D eigenvalue weighted by Gasteiger charge is -2.15. The van der Waals surface area contributed by atoms with Crippen molar-refractivity contribution in [1.29, 1.82) is 0 Å². The van der Waals surface area contributed by atoms with Crippen LogP contribution in [0.3, 0.4) is 0 Å². The number of carbonyl (C=O) groups excluding carboxylic acids is 1. The summed E-state index contributed by atoms with van der Waals surface area (Å²) in [5, 5.41) is 3.61. The number of hydrogen-bond acceptors (Lipinski definition) is 4. The summed E-state index contributed by atoms with van der Waals surface area (Å²) in [5.41, 5.74) is 1.74. The first-order valence-corrected chi connectivity index (χ1v) is 8.50. The summed E-state index contributed by atoms with van der Waals surface area (Å²) in [4.78, 5) is 18.2. The fourth-order valence-corrected chi connectivity index (χ4v) is 3.82. The first-order valence-electron chi connectivity index (χ1n) is 7.68. The fourth-order valence-electron chi connectivity index (χ4n) is 2.66. The maximum atomic E-state index is 12.3. The molecule has 0 radical (unpaired) electrons. The van der Waals surface area contributed by atoms with Crippen LogP contribution in [-0.2, 0) is 12.8 Å². The molecule has 5 heteroatoms. The van der Waals surface area contributed by atoms with E-state index in [1.807, 2.05) is 19.1 Å². The van der Waals surface area contributed by atoms with E-state index in [1.54, 1.807) is 23.5 Å². The number of fused-ring (bicyclic) bond motifs is 1. The first-order chi connectivity index (χ1) is 10.7. The highest BCUT2D eigenvalue weighted by Gasteiger charge is 2.20. The van der Waals surface area contributed by atoms with Crippen LogP contribution >= 0.6 is 11.3 Å². The Morgan fingerprint density at radius 1 is 1.50 bits per heavy atom. The van der Waals surface area contributed by atoms with Gasteiger partial charge in [-0.2, -0.15) is 0 Å². The maximum Gasteiger partial charge on any atom is 0.257 e. The van der Waals surface area contributed by atoms with Crippen molar-refractivity contribution in [3.05, 3.63) is 40.4 Å². The quantitative estimate of drug-likeness (QED) is 0.930. The zero-order valence-electron chi connectivity index (χ0n) is 12.9. The number of ether oxygens (including phenoxy) is 1. The van der Waals surface area contributed by atoms with E-state index in [1.165, 1.54) is 11.3 Å². The van der Waals surface area contributed by atoms with Gasteiger partial charge >= 0.3 is 0 Å². The highest BCUT2D eigenvalue weighted by molar-refractivity contribution is 7.15. The van der Waals surface area contributed by atoms with Crippen LogP contribution in [0, 0.1) is 5.92 Å². The summed E-state index contributed by atoms with van der Waals surface area (Å²) in [5.74, 6) is 1.28. The predicted molar refractivity (Wildman–Crippen MR) is 88.9 cm³/mol. The summed E-state index contributed by atoms with van der Waals surface area (Å²) in [6.07, 6.45) is 3.27. The van der Waals surface area contributed by atoms with Crippen molar-refractivity contribution in [2.45, 2.75) is 33.1 Å². The third-order valence-electron chi connectivity index (χ3n) is 3.81. The van der Waals surface area contributed by atoms with Crippen LogP contribution in [0.1, 0.15) is 41.2 Å². The molecule has 0 fully saturated rings. The predicted octanol–water partition coefficient (Wildman–Crippen LogP) is 3.92. The smallest absolute Gasteiger partial charge is 0.257 e. The highest BCUT2D eigenvalue weighted by atomic mass is 32.1. The number of nitrogens with zero attached hydrogens (tertiary/aromatic N) is 1. The van der Waals surface area contributed by atoms with Gasteiger partial charge in [0.15, 0.2) is 5.13 Å². The molecule has 22 heavy (non-hydrogen) atoms. The van der Waals surface area contributed by atoms with Gasteiger partial charge in [-0.05, 0) is 50.3 Å². The van der Waals surface area contributed by atoms with E-state index in [9.17, 15) is 4.79 Å². The molecular weight excluding hydrogens is 296 g/mol. The summed E-state index contributed by atoms with van der Waals surface area (Å²) < 4.78 is 5.43. The van der Waals surface area contributed by atoms with Crippen molar-refractivity contribution in [2.75, 3.05) is 11.9 Å². The van der Waals surface area contributed by atoms with Gasteiger partial charge in [0, 0.05) is 10.4 Å². The number of thiazole rings is 1. The van der Waals surface area contributed by atoms with E-state index in [4.69, 9.17) is 4.74 Å². The molecule has 1 heterocycles. The minimum atomic E-state index is -0.138. The number of nitrogens with one attached hydrogen (secondary N) is 1. The number of benzene rings is 1. The van der Waals surface area contributed by atoms with Gasteiger partial charge in [-0.1, -0.05) is 13.0 Å². The van der Waals surface area contributed by atoms with E-state index >= 15 is 0 Å². The molecule has 3 rings (SSSR count). The van der Waals surface area contributed by atoms with Gasteiger partial charge in [0.1, 0.15) is 5.75 Å². The van der Waals surface area contributed by atoms with Crippen LogP contribution in [0.25, 0.3) is 0 Å².